The van der Waals surface area contributed by atoms with Gasteiger partial charge in [0.2, 0.25) is 0 Å². The Bertz CT molecular complexity index is 17.1. The molecule has 0 radical (unpaired) electrons. The van der Waals surface area contributed by atoms with E-state index in [1.807, 2.05) is 21.2 Å². The maximum absolute atomic E-state index is 10.4. The lowest BCUT2D eigenvalue weighted by Gasteiger charge is -1.72. The summed E-state index contributed by atoms with van der Waals surface area (Å²) in [7, 11) is 1.19. The fourth-order valence-electron chi connectivity index (χ4n) is 0.00972. The van der Waals surface area contributed by atoms with Gasteiger partial charge in [0.05, 0.1) is 0 Å². The van der Waals surface area contributed by atoms with Gasteiger partial charge in [-0.25, -0.2) is 0 Å². The van der Waals surface area contributed by atoms with Crippen molar-refractivity contribution in [2.24, 2.45) is 0 Å². The van der Waals surface area contributed by atoms with Crippen molar-refractivity contribution >= 4 is 40.2 Å². The molecule has 0 spiro atoms. The molecule has 0 atom stereocenters. The van der Waals surface area contributed by atoms with Crippen LogP contribution in [0.5, 0.6) is 0 Å². The van der Waals surface area contributed by atoms with Crippen LogP contribution >= 0.6 is 40.2 Å². The van der Waals surface area contributed by atoms with Gasteiger partial charge in [-0.05, 0) is 4.53 Å². The predicted octanol–water partition coefficient (Wildman–Crippen LogP) is 2.53. The van der Waals surface area contributed by atoms with E-state index in [0.717, 1.165) is 0 Å². The average Bonchev–Trinajstić information content (AvgIpc) is 1.41. The molecule has 0 saturated heterocycles. The summed E-state index contributed by atoms with van der Waals surface area (Å²) in [5.74, 6) is 0. The summed E-state index contributed by atoms with van der Waals surface area (Å²) in [5, 5.41) is 0. The number of hydrogen-bond donors (Lipinski definition) is 0. The van der Waals surface area contributed by atoms with E-state index < -0.39 is 0 Å². The van der Waals surface area contributed by atoms with Crippen LogP contribution in [-0.2, 0) is 4.39 Å². The maximum atomic E-state index is 10.4. The Labute approximate surface area is 49.1 Å². The summed E-state index contributed by atoms with van der Waals surface area (Å²) in [6.07, 6.45) is 0. The molecule has 0 aromatic carbocycles. The topological polar surface area (TPSA) is 9.23 Å². The molecule has 1 nitrogen and oxygen atoms in total. The zero-order valence-electron chi connectivity index (χ0n) is 1.98. The SMILES string of the molecule is FOSSI. The first kappa shape index (κ1) is 6.32. The second-order valence-corrected chi connectivity index (χ2v) is 4.60. The van der Waals surface area contributed by atoms with Gasteiger partial charge < -0.3 is 0 Å². The Balaban J connectivity index is 2.19. The van der Waals surface area contributed by atoms with E-state index in [4.69, 9.17) is 0 Å². The van der Waals surface area contributed by atoms with E-state index in [1.165, 1.54) is 7.97 Å². The first-order valence-corrected chi connectivity index (χ1v) is 5.26. The fourth-order valence-corrected chi connectivity index (χ4v) is 0.587. The third-order valence-electron chi connectivity index (χ3n) is 0.0514. The summed E-state index contributed by atoms with van der Waals surface area (Å²) in [6.45, 7) is 0. The van der Waals surface area contributed by atoms with Crippen molar-refractivity contribution < 1.29 is 8.91 Å². The van der Waals surface area contributed by atoms with Crippen molar-refractivity contribution in [3.8, 4) is 0 Å². The van der Waals surface area contributed by atoms with Gasteiger partial charge in [-0.15, -0.1) is 4.39 Å². The van der Waals surface area contributed by atoms with Crippen LogP contribution < -0.4 is 0 Å². The zero-order valence-corrected chi connectivity index (χ0v) is 5.77. The number of hydrogen-bond acceptors (Lipinski definition) is 3. The van der Waals surface area contributed by atoms with Crippen molar-refractivity contribution in [1.29, 1.82) is 0 Å². The van der Waals surface area contributed by atoms with Gasteiger partial charge in [-0.2, -0.15) is 0 Å². The van der Waals surface area contributed by atoms with Crippen molar-refractivity contribution in [3.63, 3.8) is 0 Å². The van der Waals surface area contributed by atoms with Gasteiger partial charge in [0.1, 0.15) is 11.1 Å². The summed E-state index contributed by atoms with van der Waals surface area (Å²) >= 11 is 2.60. The second kappa shape index (κ2) is 5.32. The molecule has 0 amide bonds. The molecular formula is FIOS2. The quantitative estimate of drug-likeness (QED) is 0.406. The maximum Gasteiger partial charge on any atom is 0.119 e. The fraction of sp³-hybridized carbons (Fsp3) is 0. The summed E-state index contributed by atoms with van der Waals surface area (Å²) in [6, 6.07) is 0. The summed E-state index contributed by atoms with van der Waals surface area (Å²) in [5.41, 5.74) is 0. The number of rotatable bonds is 2. The molecule has 5 heteroatoms. The normalized spacial score (nSPS) is 8.40. The molecule has 0 N–H and O–H groups in total. The molecule has 0 aliphatic carbocycles. The molecule has 0 aromatic rings. The second-order valence-electron chi connectivity index (χ2n) is 0.194. The van der Waals surface area contributed by atoms with Gasteiger partial charge in [0, 0.05) is 29.2 Å². The summed E-state index contributed by atoms with van der Waals surface area (Å²) in [4.78, 5) is 0. The van der Waals surface area contributed by atoms with E-state index >= 15 is 0 Å². The molecule has 32 valence electrons. The largest absolute Gasteiger partial charge is 0.119 e. The first-order valence-electron chi connectivity index (χ1n) is 0.642. The third kappa shape index (κ3) is 5.32. The zero-order chi connectivity index (χ0) is 4.12. The molecule has 0 aliphatic heterocycles. The minimum Gasteiger partial charge on any atom is -0.108 e. The van der Waals surface area contributed by atoms with Crippen LogP contribution in [0.1, 0.15) is 0 Å². The van der Waals surface area contributed by atoms with Crippen LogP contribution in [0.3, 0.4) is 0 Å². The van der Waals surface area contributed by atoms with Crippen LogP contribution in [-0.4, -0.2) is 0 Å². The van der Waals surface area contributed by atoms with Crippen LogP contribution in [0, 0.1) is 0 Å². The standard InChI is InChI=1S/FIOS2/c1-3-5-4-2. The molecule has 0 saturated carbocycles. The van der Waals surface area contributed by atoms with Crippen molar-refractivity contribution in [2.75, 3.05) is 0 Å². The highest BCUT2D eigenvalue weighted by molar-refractivity contribution is 14.2. The van der Waals surface area contributed by atoms with Crippen LogP contribution in [0.4, 0.5) is 4.53 Å². The van der Waals surface area contributed by atoms with Gasteiger partial charge >= 0.3 is 0 Å². The average molecular weight is 226 g/mol. The highest BCUT2D eigenvalue weighted by atomic mass is 127. The highest BCUT2D eigenvalue weighted by Crippen LogP contribution is 2.29. The van der Waals surface area contributed by atoms with E-state index in [2.05, 4.69) is 4.39 Å². The van der Waals surface area contributed by atoms with Crippen molar-refractivity contribution in [3.05, 3.63) is 0 Å². The lowest BCUT2D eigenvalue weighted by atomic mass is 15.6. The van der Waals surface area contributed by atoms with E-state index in [-0.39, 0.29) is 0 Å². The molecule has 0 bridgehead atoms. The Kier molecular flexibility index (Phi) is 6.72. The third-order valence-corrected chi connectivity index (χ3v) is 1.78. The van der Waals surface area contributed by atoms with Crippen LogP contribution in [0.2, 0.25) is 0 Å². The Morgan fingerprint density at radius 3 is 2.40 bits per heavy atom. The molecule has 0 fully saturated rings. The summed E-state index contributed by atoms with van der Waals surface area (Å²) < 4.78 is 13.5. The van der Waals surface area contributed by atoms with Gasteiger partial charge in [0.25, 0.3) is 0 Å². The van der Waals surface area contributed by atoms with Crippen molar-refractivity contribution in [2.45, 2.75) is 0 Å². The Morgan fingerprint density at radius 2 is 2.40 bits per heavy atom. The Morgan fingerprint density at radius 1 is 1.80 bits per heavy atom. The lowest BCUT2D eigenvalue weighted by Crippen LogP contribution is -1.36. The minimum absolute atomic E-state index is 0.700. The molecular weight excluding hydrogens is 226 g/mol. The van der Waals surface area contributed by atoms with Crippen molar-refractivity contribution in [1.82, 2.24) is 0 Å². The molecule has 0 rings (SSSR count). The monoisotopic (exact) mass is 226 g/mol. The highest BCUT2D eigenvalue weighted by Gasteiger charge is 1.75. The van der Waals surface area contributed by atoms with E-state index in [1.54, 1.807) is 0 Å². The minimum atomic E-state index is 0.700. The molecule has 0 heterocycles. The van der Waals surface area contributed by atoms with Crippen LogP contribution in [0.25, 0.3) is 0 Å². The first-order chi connectivity index (χ1) is 2.41. The molecule has 0 aromatic heterocycles. The van der Waals surface area contributed by atoms with Gasteiger partial charge in [-0.1, -0.05) is 0 Å². The molecule has 0 aliphatic rings. The Hall–Kier alpha value is 1.32. The van der Waals surface area contributed by atoms with Gasteiger partial charge in [0.15, 0.2) is 0 Å². The van der Waals surface area contributed by atoms with Gasteiger partial charge in [-0.3, -0.25) is 0 Å². The molecule has 0 unspecified atom stereocenters. The van der Waals surface area contributed by atoms with Crippen LogP contribution in [0.15, 0.2) is 0 Å². The smallest absolute Gasteiger partial charge is 0.108 e. The van der Waals surface area contributed by atoms with E-state index in [9.17, 15) is 4.53 Å². The lowest BCUT2D eigenvalue weighted by molar-refractivity contribution is 0.0263. The predicted molar refractivity (Wildman–Crippen MR) is 31.4 cm³/mol. The number of halogens is 2. The molecule has 5 heavy (non-hydrogen) atoms. The van der Waals surface area contributed by atoms with E-state index in [0.29, 0.717) is 11.1 Å².